The van der Waals surface area contributed by atoms with Gasteiger partial charge >= 0.3 is 6.18 Å². The number of fused-ring (bicyclic) bond motifs is 3. The summed E-state index contributed by atoms with van der Waals surface area (Å²) in [4.78, 5) is 4.00. The van der Waals surface area contributed by atoms with E-state index >= 15 is 0 Å². The molecule has 28 heavy (non-hydrogen) atoms. The molecule has 0 aliphatic heterocycles. The minimum absolute atomic E-state index is 0.0266. The molecule has 146 valence electrons. The average molecular weight is 409 g/mol. The Hall–Kier alpha value is -2.88. The van der Waals surface area contributed by atoms with Gasteiger partial charge in [-0.2, -0.15) is 18.3 Å². The molecular formula is C18H14F3N3O3S. The first-order chi connectivity index (χ1) is 13.1. The number of aromatic nitrogens is 3. The third-order valence-electron chi connectivity index (χ3n) is 4.55. The molecule has 0 atom stereocenters. The van der Waals surface area contributed by atoms with Crippen molar-refractivity contribution in [3.63, 3.8) is 0 Å². The molecule has 0 amide bonds. The van der Waals surface area contributed by atoms with E-state index in [0.29, 0.717) is 22.6 Å². The van der Waals surface area contributed by atoms with E-state index in [0.717, 1.165) is 17.1 Å². The summed E-state index contributed by atoms with van der Waals surface area (Å²) >= 11 is 0. The summed E-state index contributed by atoms with van der Waals surface area (Å²) in [7, 11) is -1.99. The zero-order valence-corrected chi connectivity index (χ0v) is 15.6. The summed E-state index contributed by atoms with van der Waals surface area (Å²) in [6, 6.07) is 7.68. The Morgan fingerprint density at radius 3 is 2.50 bits per heavy atom. The Morgan fingerprint density at radius 2 is 1.93 bits per heavy atom. The Kier molecular flexibility index (Phi) is 4.00. The van der Waals surface area contributed by atoms with Crippen LogP contribution in [0.3, 0.4) is 0 Å². The highest BCUT2D eigenvalue weighted by Crippen LogP contribution is 2.45. The van der Waals surface area contributed by atoms with Crippen LogP contribution in [0, 0.1) is 0 Å². The van der Waals surface area contributed by atoms with Crippen molar-refractivity contribution in [3.05, 3.63) is 53.3 Å². The summed E-state index contributed by atoms with van der Waals surface area (Å²) in [5.74, 6) is 0.649. The van der Waals surface area contributed by atoms with E-state index in [9.17, 15) is 21.6 Å². The Labute approximate surface area is 158 Å². The number of methoxy groups -OCH3 is 1. The smallest absolute Gasteiger partial charge is 0.435 e. The maximum Gasteiger partial charge on any atom is 0.435 e. The molecule has 1 aliphatic rings. The molecule has 1 aliphatic carbocycles. The molecular weight excluding hydrogens is 395 g/mol. The van der Waals surface area contributed by atoms with Crippen molar-refractivity contribution >= 4 is 9.84 Å². The molecule has 1 aromatic carbocycles. The van der Waals surface area contributed by atoms with Gasteiger partial charge < -0.3 is 4.74 Å². The molecule has 2 heterocycles. The molecule has 0 unspecified atom stereocenters. The standard InChI is InChI=1S/C18H14F3N3O3S/c1-27-11-3-5-13-10(7-11)8-14-16(13)24(23-17(14)18(19,20)21)15-6-4-12(9-22-15)28(2,25)26/h3-7,9H,8H2,1-2H3. The van der Waals surface area contributed by atoms with Crippen LogP contribution < -0.4 is 4.74 Å². The second kappa shape index (κ2) is 6.06. The van der Waals surface area contributed by atoms with Gasteiger partial charge in [0.1, 0.15) is 5.75 Å². The van der Waals surface area contributed by atoms with Gasteiger partial charge in [0.2, 0.25) is 0 Å². The summed E-state index contributed by atoms with van der Waals surface area (Å²) < 4.78 is 70.2. The lowest BCUT2D eigenvalue weighted by Crippen LogP contribution is -2.10. The fourth-order valence-electron chi connectivity index (χ4n) is 3.27. The fraction of sp³-hybridized carbons (Fsp3) is 0.222. The van der Waals surface area contributed by atoms with Gasteiger partial charge in [-0.1, -0.05) is 0 Å². The second-order valence-electron chi connectivity index (χ2n) is 6.41. The number of halogens is 3. The van der Waals surface area contributed by atoms with E-state index in [1.54, 1.807) is 18.2 Å². The molecule has 0 fully saturated rings. The van der Waals surface area contributed by atoms with E-state index in [1.165, 1.54) is 19.2 Å². The zero-order valence-electron chi connectivity index (χ0n) is 14.8. The number of pyridine rings is 1. The summed E-state index contributed by atoms with van der Waals surface area (Å²) in [5, 5.41) is 3.76. The van der Waals surface area contributed by atoms with E-state index in [4.69, 9.17) is 4.74 Å². The number of hydrogen-bond acceptors (Lipinski definition) is 5. The monoisotopic (exact) mass is 409 g/mol. The van der Waals surface area contributed by atoms with Gasteiger partial charge in [0.05, 0.1) is 17.7 Å². The first-order valence-corrected chi connectivity index (χ1v) is 10.0. The summed E-state index contributed by atoms with van der Waals surface area (Å²) in [6.45, 7) is 0. The van der Waals surface area contributed by atoms with E-state index in [2.05, 4.69) is 10.1 Å². The lowest BCUT2D eigenvalue weighted by atomic mass is 10.1. The molecule has 4 rings (SSSR count). The molecule has 3 aromatic rings. The fourth-order valence-corrected chi connectivity index (χ4v) is 3.83. The predicted molar refractivity (Wildman–Crippen MR) is 94.3 cm³/mol. The minimum Gasteiger partial charge on any atom is -0.497 e. The van der Waals surface area contributed by atoms with Crippen molar-refractivity contribution in [3.8, 4) is 22.8 Å². The molecule has 0 N–H and O–H groups in total. The quantitative estimate of drug-likeness (QED) is 0.519. The highest BCUT2D eigenvalue weighted by molar-refractivity contribution is 7.90. The highest BCUT2D eigenvalue weighted by Gasteiger charge is 2.42. The van der Waals surface area contributed by atoms with Crippen molar-refractivity contribution in [2.24, 2.45) is 0 Å². The number of sulfone groups is 1. The molecule has 0 saturated heterocycles. The number of nitrogens with zero attached hydrogens (tertiary/aromatic N) is 3. The summed E-state index contributed by atoms with van der Waals surface area (Å²) in [6.07, 6.45) is -2.43. The van der Waals surface area contributed by atoms with Crippen LogP contribution in [0.4, 0.5) is 13.2 Å². The second-order valence-corrected chi connectivity index (χ2v) is 8.43. The first kappa shape index (κ1) is 18.5. The van der Waals surface area contributed by atoms with Crippen molar-refractivity contribution < 1.29 is 26.3 Å². The van der Waals surface area contributed by atoms with Gasteiger partial charge in [-0.3, -0.25) is 0 Å². The molecule has 0 radical (unpaired) electrons. The van der Waals surface area contributed by atoms with Gasteiger partial charge in [-0.15, -0.1) is 0 Å². The van der Waals surface area contributed by atoms with Crippen LogP contribution in [0.15, 0.2) is 41.4 Å². The minimum atomic E-state index is -4.63. The van der Waals surface area contributed by atoms with Crippen LogP contribution in [0.25, 0.3) is 17.1 Å². The van der Waals surface area contributed by atoms with Crippen molar-refractivity contribution in [1.82, 2.24) is 14.8 Å². The lowest BCUT2D eigenvalue weighted by Gasteiger charge is -2.09. The number of ether oxygens (including phenoxy) is 1. The predicted octanol–water partition coefficient (Wildman–Crippen LogP) is 3.27. The molecule has 0 saturated carbocycles. The zero-order chi connectivity index (χ0) is 20.3. The largest absolute Gasteiger partial charge is 0.497 e. The maximum atomic E-state index is 13.6. The maximum absolute atomic E-state index is 13.6. The number of benzene rings is 1. The normalized spacial score (nSPS) is 13.3. The van der Waals surface area contributed by atoms with E-state index in [-0.39, 0.29) is 22.7 Å². The third-order valence-corrected chi connectivity index (χ3v) is 5.65. The Balaban J connectivity index is 1.92. The van der Waals surface area contributed by atoms with Crippen LogP contribution >= 0.6 is 0 Å². The first-order valence-electron chi connectivity index (χ1n) is 8.12. The van der Waals surface area contributed by atoms with Crippen molar-refractivity contribution in [2.75, 3.05) is 13.4 Å². The van der Waals surface area contributed by atoms with Crippen LogP contribution in [0.2, 0.25) is 0 Å². The third kappa shape index (κ3) is 2.93. The average Bonchev–Trinajstić information content (AvgIpc) is 3.17. The lowest BCUT2D eigenvalue weighted by molar-refractivity contribution is -0.141. The highest BCUT2D eigenvalue weighted by atomic mass is 32.2. The van der Waals surface area contributed by atoms with Gasteiger partial charge in [-0.05, 0) is 35.9 Å². The van der Waals surface area contributed by atoms with Gasteiger partial charge in [0.15, 0.2) is 21.3 Å². The van der Waals surface area contributed by atoms with Crippen LogP contribution in [-0.4, -0.2) is 36.5 Å². The van der Waals surface area contributed by atoms with Gasteiger partial charge in [-0.25, -0.2) is 18.1 Å². The van der Waals surface area contributed by atoms with Crippen LogP contribution in [0.5, 0.6) is 5.75 Å². The molecule has 0 bridgehead atoms. The molecule has 2 aromatic heterocycles. The molecule has 10 heteroatoms. The van der Waals surface area contributed by atoms with Gasteiger partial charge in [0, 0.05) is 30.0 Å². The SMILES string of the molecule is COc1ccc2c(c1)Cc1c(C(F)(F)F)nn(-c3ccc(S(C)(=O)=O)cn3)c1-2. The topological polar surface area (TPSA) is 74.1 Å². The van der Waals surface area contributed by atoms with Crippen molar-refractivity contribution in [2.45, 2.75) is 17.5 Å². The molecule has 6 nitrogen and oxygen atoms in total. The Morgan fingerprint density at radius 1 is 1.18 bits per heavy atom. The van der Waals surface area contributed by atoms with Crippen LogP contribution in [0.1, 0.15) is 16.8 Å². The number of hydrogen-bond donors (Lipinski definition) is 0. The van der Waals surface area contributed by atoms with Crippen molar-refractivity contribution in [1.29, 1.82) is 0 Å². The van der Waals surface area contributed by atoms with Gasteiger partial charge in [0.25, 0.3) is 0 Å². The number of rotatable bonds is 3. The van der Waals surface area contributed by atoms with E-state index in [1.807, 2.05) is 0 Å². The van der Waals surface area contributed by atoms with Crippen LogP contribution in [-0.2, 0) is 22.4 Å². The van der Waals surface area contributed by atoms with E-state index < -0.39 is 21.7 Å². The number of alkyl halides is 3. The Bertz CT molecular complexity index is 1180. The summed E-state index contributed by atoms with van der Waals surface area (Å²) in [5.41, 5.74) is 0.674. The molecule has 0 spiro atoms.